The topological polar surface area (TPSA) is 29.5 Å². The maximum absolute atomic E-state index is 11.3. The summed E-state index contributed by atoms with van der Waals surface area (Å²) in [5, 5.41) is 0. The monoisotopic (exact) mass is 227 g/mol. The summed E-state index contributed by atoms with van der Waals surface area (Å²) in [6.07, 6.45) is 4.24. The highest BCUT2D eigenvalue weighted by Gasteiger charge is 2.34. The zero-order valence-corrected chi connectivity index (χ0v) is 10.9. The minimum Gasteiger partial charge on any atom is -0.380 e. The number of carbonyl (C=O) groups excluding carboxylic acids is 1. The summed E-state index contributed by atoms with van der Waals surface area (Å²) < 4.78 is 5.48. The summed E-state index contributed by atoms with van der Waals surface area (Å²) in [4.78, 5) is 13.7. The van der Waals surface area contributed by atoms with Crippen LogP contribution in [0.1, 0.15) is 40.0 Å². The quantitative estimate of drug-likeness (QED) is 0.651. The summed E-state index contributed by atoms with van der Waals surface area (Å²) >= 11 is 0. The zero-order chi connectivity index (χ0) is 12.0. The molecule has 94 valence electrons. The van der Waals surface area contributed by atoms with Gasteiger partial charge < -0.3 is 9.53 Å². The van der Waals surface area contributed by atoms with Gasteiger partial charge in [-0.15, -0.1) is 0 Å². The molecule has 0 amide bonds. The molecule has 0 aromatic heterocycles. The Kier molecular flexibility index (Phi) is 5.42. The van der Waals surface area contributed by atoms with Crippen LogP contribution in [-0.4, -0.2) is 43.5 Å². The Morgan fingerprint density at radius 2 is 2.25 bits per heavy atom. The maximum atomic E-state index is 11.3. The molecule has 0 N–H and O–H groups in total. The molecular weight excluding hydrogens is 202 g/mol. The lowest BCUT2D eigenvalue weighted by Crippen LogP contribution is -2.46. The predicted octanol–water partition coefficient (Wildman–Crippen LogP) is 2.10. The number of carbonyl (C=O) groups is 1. The van der Waals surface area contributed by atoms with Gasteiger partial charge in [0.15, 0.2) is 0 Å². The highest BCUT2D eigenvalue weighted by Crippen LogP contribution is 2.28. The first kappa shape index (κ1) is 13.7. The van der Waals surface area contributed by atoms with Crippen LogP contribution in [0.25, 0.3) is 0 Å². The fraction of sp³-hybridized carbons (Fsp3) is 0.923. The molecule has 0 radical (unpaired) electrons. The van der Waals surface area contributed by atoms with E-state index in [4.69, 9.17) is 4.74 Å². The second-order valence-electron chi connectivity index (χ2n) is 5.20. The van der Waals surface area contributed by atoms with Gasteiger partial charge in [0.2, 0.25) is 0 Å². The molecule has 1 rings (SSSR count). The molecule has 1 fully saturated rings. The molecule has 1 heterocycles. The smallest absolute Gasteiger partial charge is 0.129 e. The third-order valence-electron chi connectivity index (χ3n) is 3.36. The molecule has 0 saturated carbocycles. The lowest BCUT2D eigenvalue weighted by molar-refractivity contribution is -0.126. The second-order valence-corrected chi connectivity index (χ2v) is 5.20. The molecule has 0 aromatic rings. The summed E-state index contributed by atoms with van der Waals surface area (Å²) in [7, 11) is 0. The van der Waals surface area contributed by atoms with Crippen LogP contribution in [0.2, 0.25) is 0 Å². The molecule has 0 bridgehead atoms. The van der Waals surface area contributed by atoms with E-state index < -0.39 is 0 Å². The predicted molar refractivity (Wildman–Crippen MR) is 65.6 cm³/mol. The fourth-order valence-electron chi connectivity index (χ4n) is 2.34. The standard InChI is InChI=1S/C13H25NO2/c1-4-7-14(12(2)3)9-13(10-15)6-5-8-16-11-13/h10,12H,4-9,11H2,1-3H3. The van der Waals surface area contributed by atoms with Gasteiger partial charge in [0.05, 0.1) is 12.0 Å². The average Bonchev–Trinajstić information content (AvgIpc) is 2.29. The van der Waals surface area contributed by atoms with Crippen LogP contribution in [-0.2, 0) is 9.53 Å². The average molecular weight is 227 g/mol. The van der Waals surface area contributed by atoms with Crippen LogP contribution in [0.15, 0.2) is 0 Å². The zero-order valence-electron chi connectivity index (χ0n) is 10.9. The number of rotatable bonds is 6. The highest BCUT2D eigenvalue weighted by molar-refractivity contribution is 5.60. The van der Waals surface area contributed by atoms with Crippen molar-refractivity contribution in [1.29, 1.82) is 0 Å². The Balaban J connectivity index is 2.61. The molecule has 0 aliphatic carbocycles. The van der Waals surface area contributed by atoms with Gasteiger partial charge in [-0.25, -0.2) is 0 Å². The van der Waals surface area contributed by atoms with E-state index in [-0.39, 0.29) is 5.41 Å². The Morgan fingerprint density at radius 3 is 2.69 bits per heavy atom. The number of hydrogen-bond acceptors (Lipinski definition) is 3. The number of aldehydes is 1. The number of ether oxygens (including phenoxy) is 1. The molecule has 1 atom stereocenters. The number of hydrogen-bond donors (Lipinski definition) is 0. The molecule has 1 saturated heterocycles. The maximum Gasteiger partial charge on any atom is 0.129 e. The van der Waals surface area contributed by atoms with Crippen molar-refractivity contribution in [2.24, 2.45) is 5.41 Å². The van der Waals surface area contributed by atoms with Gasteiger partial charge in [0.1, 0.15) is 6.29 Å². The molecule has 0 spiro atoms. The first-order valence-electron chi connectivity index (χ1n) is 6.41. The molecule has 1 aliphatic rings. The molecule has 3 heteroatoms. The van der Waals surface area contributed by atoms with E-state index >= 15 is 0 Å². The molecule has 0 aromatic carbocycles. The van der Waals surface area contributed by atoms with Gasteiger partial charge in [-0.2, -0.15) is 0 Å². The van der Waals surface area contributed by atoms with Gasteiger partial charge in [0.25, 0.3) is 0 Å². The van der Waals surface area contributed by atoms with E-state index in [0.717, 1.165) is 45.2 Å². The van der Waals surface area contributed by atoms with Crippen LogP contribution >= 0.6 is 0 Å². The van der Waals surface area contributed by atoms with Crippen molar-refractivity contribution in [3.05, 3.63) is 0 Å². The minimum atomic E-state index is -0.252. The fourth-order valence-corrected chi connectivity index (χ4v) is 2.34. The van der Waals surface area contributed by atoms with Crippen LogP contribution in [0.5, 0.6) is 0 Å². The van der Waals surface area contributed by atoms with Crippen molar-refractivity contribution in [2.75, 3.05) is 26.3 Å². The Morgan fingerprint density at radius 1 is 1.50 bits per heavy atom. The van der Waals surface area contributed by atoms with Crippen molar-refractivity contribution in [2.45, 2.75) is 46.1 Å². The first-order chi connectivity index (χ1) is 7.63. The van der Waals surface area contributed by atoms with Crippen molar-refractivity contribution in [3.8, 4) is 0 Å². The third-order valence-corrected chi connectivity index (χ3v) is 3.36. The minimum absolute atomic E-state index is 0.252. The SMILES string of the molecule is CCCN(CC1(C=O)CCCOC1)C(C)C. The van der Waals surface area contributed by atoms with Gasteiger partial charge in [-0.1, -0.05) is 6.92 Å². The lowest BCUT2D eigenvalue weighted by Gasteiger charge is -2.38. The normalized spacial score (nSPS) is 26.3. The van der Waals surface area contributed by atoms with E-state index in [9.17, 15) is 4.79 Å². The Hall–Kier alpha value is -0.410. The summed E-state index contributed by atoms with van der Waals surface area (Å²) in [6.45, 7) is 9.89. The molecule has 16 heavy (non-hydrogen) atoms. The van der Waals surface area contributed by atoms with E-state index in [1.807, 2.05) is 0 Å². The Bertz CT molecular complexity index is 210. The van der Waals surface area contributed by atoms with E-state index in [1.54, 1.807) is 0 Å². The van der Waals surface area contributed by atoms with Crippen LogP contribution < -0.4 is 0 Å². The van der Waals surface area contributed by atoms with Crippen LogP contribution in [0.4, 0.5) is 0 Å². The van der Waals surface area contributed by atoms with Gasteiger partial charge in [-0.05, 0) is 39.7 Å². The van der Waals surface area contributed by atoms with Crippen LogP contribution in [0.3, 0.4) is 0 Å². The second kappa shape index (κ2) is 6.36. The van der Waals surface area contributed by atoms with Gasteiger partial charge >= 0.3 is 0 Å². The van der Waals surface area contributed by atoms with Crippen molar-refractivity contribution < 1.29 is 9.53 Å². The van der Waals surface area contributed by atoms with Gasteiger partial charge in [0, 0.05) is 19.2 Å². The van der Waals surface area contributed by atoms with Gasteiger partial charge in [-0.3, -0.25) is 4.90 Å². The van der Waals surface area contributed by atoms with Crippen molar-refractivity contribution >= 4 is 6.29 Å². The van der Waals surface area contributed by atoms with E-state index in [0.29, 0.717) is 12.6 Å². The molecular formula is C13H25NO2. The van der Waals surface area contributed by atoms with Crippen molar-refractivity contribution in [3.63, 3.8) is 0 Å². The molecule has 1 aliphatic heterocycles. The molecule has 3 nitrogen and oxygen atoms in total. The largest absolute Gasteiger partial charge is 0.380 e. The number of nitrogens with zero attached hydrogens (tertiary/aromatic N) is 1. The summed E-state index contributed by atoms with van der Waals surface area (Å²) in [5.41, 5.74) is -0.252. The molecule has 1 unspecified atom stereocenters. The van der Waals surface area contributed by atoms with E-state index in [1.165, 1.54) is 0 Å². The highest BCUT2D eigenvalue weighted by atomic mass is 16.5. The third kappa shape index (κ3) is 3.56. The summed E-state index contributed by atoms with van der Waals surface area (Å²) in [6, 6.07) is 0.499. The lowest BCUT2D eigenvalue weighted by atomic mass is 9.83. The van der Waals surface area contributed by atoms with E-state index in [2.05, 4.69) is 25.7 Å². The first-order valence-corrected chi connectivity index (χ1v) is 6.41. The summed E-state index contributed by atoms with van der Waals surface area (Å²) in [5.74, 6) is 0. The van der Waals surface area contributed by atoms with Crippen molar-refractivity contribution in [1.82, 2.24) is 4.90 Å². The van der Waals surface area contributed by atoms with Crippen LogP contribution in [0, 0.1) is 5.41 Å². The Labute approximate surface area is 99.1 Å².